The fourth-order valence-electron chi connectivity index (χ4n) is 5.22. The van der Waals surface area contributed by atoms with E-state index in [4.69, 9.17) is 10.1 Å². The first-order valence-corrected chi connectivity index (χ1v) is 11.9. The van der Waals surface area contributed by atoms with Crippen molar-refractivity contribution in [2.24, 2.45) is 10.6 Å². The van der Waals surface area contributed by atoms with E-state index in [9.17, 15) is 8.42 Å². The summed E-state index contributed by atoms with van der Waals surface area (Å²) in [5.74, 6) is 1.53. The third kappa shape index (κ3) is 3.45. The summed E-state index contributed by atoms with van der Waals surface area (Å²) in [6.07, 6.45) is 13.7. The minimum atomic E-state index is -3.61. The van der Waals surface area contributed by atoms with Gasteiger partial charge in [0.1, 0.15) is 5.82 Å². The van der Waals surface area contributed by atoms with E-state index in [1.165, 1.54) is 36.4 Å². The number of nitrogens with two attached hydrogens (primary N) is 1. The molecule has 9 heteroatoms. The molecule has 3 fully saturated rings. The van der Waals surface area contributed by atoms with Crippen LogP contribution in [0.3, 0.4) is 0 Å². The van der Waals surface area contributed by atoms with Crippen LogP contribution >= 0.6 is 0 Å². The van der Waals surface area contributed by atoms with Gasteiger partial charge in [-0.2, -0.15) is 17.7 Å². The highest BCUT2D eigenvalue weighted by Crippen LogP contribution is 2.60. The predicted molar refractivity (Wildman–Crippen MR) is 113 cm³/mol. The molecule has 1 spiro atoms. The Morgan fingerprint density at radius 2 is 1.93 bits per heavy atom. The molecular formula is C20H28N6O2S. The average molecular weight is 417 g/mol. The van der Waals surface area contributed by atoms with Gasteiger partial charge in [0.2, 0.25) is 5.95 Å². The maximum absolute atomic E-state index is 11.5. The second kappa shape index (κ2) is 6.78. The normalized spacial score (nSPS) is 26.7. The van der Waals surface area contributed by atoms with Crippen LogP contribution in [0.4, 0.5) is 11.8 Å². The zero-order chi connectivity index (χ0) is 20.2. The Morgan fingerprint density at radius 1 is 1.17 bits per heavy atom. The monoisotopic (exact) mass is 416 g/mol. The highest BCUT2D eigenvalue weighted by Gasteiger charge is 2.55. The van der Waals surface area contributed by atoms with Crippen LogP contribution in [0, 0.1) is 5.41 Å². The molecule has 29 heavy (non-hydrogen) atoms. The lowest BCUT2D eigenvalue weighted by atomic mass is 9.96. The van der Waals surface area contributed by atoms with Gasteiger partial charge in [-0.05, 0) is 56.1 Å². The summed E-state index contributed by atoms with van der Waals surface area (Å²) in [4.78, 5) is 11.7. The summed E-state index contributed by atoms with van der Waals surface area (Å²) in [6, 6.07) is 0.600. The van der Waals surface area contributed by atoms with Gasteiger partial charge < -0.3 is 10.2 Å². The van der Waals surface area contributed by atoms with Crippen molar-refractivity contribution in [3.8, 4) is 0 Å². The highest BCUT2D eigenvalue weighted by molar-refractivity contribution is 7.86. The van der Waals surface area contributed by atoms with Crippen LogP contribution in [0.15, 0.2) is 24.5 Å². The van der Waals surface area contributed by atoms with Crippen molar-refractivity contribution < 1.29 is 8.42 Å². The lowest BCUT2D eigenvalue weighted by Gasteiger charge is -2.37. The molecule has 0 amide bonds. The van der Waals surface area contributed by atoms with Gasteiger partial charge in [-0.1, -0.05) is 13.0 Å². The summed E-state index contributed by atoms with van der Waals surface area (Å²) in [6.45, 7) is 5.12. The Bertz CT molecular complexity index is 963. The maximum Gasteiger partial charge on any atom is 0.276 e. The Balaban J connectivity index is 1.35. The third-order valence-corrected chi connectivity index (χ3v) is 8.08. The quantitative estimate of drug-likeness (QED) is 0.780. The first-order chi connectivity index (χ1) is 13.9. The van der Waals surface area contributed by atoms with E-state index in [1.54, 1.807) is 0 Å². The second-order valence-corrected chi connectivity index (χ2v) is 10.3. The lowest BCUT2D eigenvalue weighted by Crippen LogP contribution is -2.45. The topological polar surface area (TPSA) is 104 Å². The standard InChI is InChI=1S/C20H28N6O2S/c1-14-4-5-15-13-22-19(23-16-6-11-25(12-7-16)29(21,27)28)24-18(15)26(14)17-3-2-8-20(17)9-10-20/h4-5,13,16-17H,1-3,6-12H2,(H2,21,27,28)(H,22,23,24)/t17-/m0/s1. The van der Waals surface area contributed by atoms with Gasteiger partial charge in [0.25, 0.3) is 10.2 Å². The Labute approximate surface area is 172 Å². The number of hydrogen-bond acceptors (Lipinski definition) is 6. The molecule has 0 bridgehead atoms. The Kier molecular flexibility index (Phi) is 4.45. The largest absolute Gasteiger partial charge is 0.351 e. The summed E-state index contributed by atoms with van der Waals surface area (Å²) in [5.41, 5.74) is 2.47. The number of nitrogens with one attached hydrogen (secondary N) is 1. The van der Waals surface area contributed by atoms with Gasteiger partial charge in [-0.3, -0.25) is 0 Å². The minimum absolute atomic E-state index is 0.128. The van der Waals surface area contributed by atoms with Gasteiger partial charge in [0.05, 0.1) is 0 Å². The fraction of sp³-hybridized carbons (Fsp3) is 0.600. The van der Waals surface area contributed by atoms with Crippen molar-refractivity contribution in [1.29, 1.82) is 0 Å². The van der Waals surface area contributed by atoms with E-state index >= 15 is 0 Å². The predicted octanol–water partition coefficient (Wildman–Crippen LogP) is 2.24. The van der Waals surface area contributed by atoms with Crippen LogP contribution in [0.5, 0.6) is 0 Å². The van der Waals surface area contributed by atoms with E-state index in [0.29, 0.717) is 43.3 Å². The van der Waals surface area contributed by atoms with Gasteiger partial charge in [-0.15, -0.1) is 0 Å². The molecule has 1 saturated heterocycles. The average Bonchev–Trinajstić information content (AvgIpc) is 3.35. The second-order valence-electron chi connectivity index (χ2n) is 8.80. The van der Waals surface area contributed by atoms with Crippen LogP contribution in [0.1, 0.15) is 50.5 Å². The van der Waals surface area contributed by atoms with E-state index in [2.05, 4.69) is 27.9 Å². The van der Waals surface area contributed by atoms with Gasteiger partial charge in [0, 0.05) is 42.6 Å². The maximum atomic E-state index is 11.5. The molecule has 2 aliphatic heterocycles. The van der Waals surface area contributed by atoms with E-state index in [0.717, 1.165) is 17.1 Å². The lowest BCUT2D eigenvalue weighted by molar-refractivity contribution is 0.329. The Hall–Kier alpha value is -1.97. The number of piperidine rings is 1. The number of rotatable bonds is 4. The molecule has 156 valence electrons. The van der Waals surface area contributed by atoms with Crippen LogP contribution in [0.25, 0.3) is 6.08 Å². The van der Waals surface area contributed by atoms with Crippen LogP contribution in [-0.2, 0) is 10.2 Å². The SMILES string of the molecule is C=C1C=Cc2cnc(NC3CCN(S(N)(=O)=O)CC3)nc2N1[C@H]1CCCC12CC2. The van der Waals surface area contributed by atoms with E-state index in [-0.39, 0.29) is 6.04 Å². The first kappa shape index (κ1) is 19.0. The first-order valence-electron chi connectivity index (χ1n) is 10.4. The number of hydrogen-bond donors (Lipinski definition) is 2. The van der Waals surface area contributed by atoms with Crippen molar-refractivity contribution in [3.63, 3.8) is 0 Å². The number of fused-ring (bicyclic) bond motifs is 1. The molecule has 0 radical (unpaired) electrons. The molecule has 4 aliphatic rings. The third-order valence-electron chi connectivity index (χ3n) is 7.00. The van der Waals surface area contributed by atoms with Crippen molar-refractivity contribution in [1.82, 2.24) is 14.3 Å². The van der Waals surface area contributed by atoms with E-state index < -0.39 is 10.2 Å². The summed E-state index contributed by atoms with van der Waals surface area (Å²) >= 11 is 0. The summed E-state index contributed by atoms with van der Waals surface area (Å²) in [7, 11) is -3.61. The molecule has 1 atom stereocenters. The van der Waals surface area contributed by atoms with Crippen molar-refractivity contribution in [3.05, 3.63) is 30.1 Å². The van der Waals surface area contributed by atoms with Gasteiger partial charge >= 0.3 is 0 Å². The molecule has 1 aromatic rings. The molecule has 0 unspecified atom stereocenters. The summed E-state index contributed by atoms with van der Waals surface area (Å²) in [5, 5.41) is 8.63. The molecule has 3 heterocycles. The molecule has 5 rings (SSSR count). The van der Waals surface area contributed by atoms with Crippen molar-refractivity contribution >= 4 is 28.1 Å². The molecule has 0 aromatic carbocycles. The van der Waals surface area contributed by atoms with Gasteiger partial charge in [-0.25, -0.2) is 10.1 Å². The zero-order valence-corrected chi connectivity index (χ0v) is 17.4. The molecule has 2 saturated carbocycles. The van der Waals surface area contributed by atoms with Crippen LogP contribution in [0.2, 0.25) is 0 Å². The Morgan fingerprint density at radius 3 is 2.62 bits per heavy atom. The fourth-order valence-corrected chi connectivity index (χ4v) is 5.94. The van der Waals surface area contributed by atoms with Crippen molar-refractivity contribution in [2.45, 2.75) is 57.0 Å². The number of allylic oxidation sites excluding steroid dienone is 1. The zero-order valence-electron chi connectivity index (χ0n) is 16.5. The number of aromatic nitrogens is 2. The molecule has 8 nitrogen and oxygen atoms in total. The molecule has 3 N–H and O–H groups in total. The number of anilines is 2. The van der Waals surface area contributed by atoms with Crippen molar-refractivity contribution in [2.75, 3.05) is 23.3 Å². The molecule has 2 aliphatic carbocycles. The molecule has 1 aromatic heterocycles. The molecular weight excluding hydrogens is 388 g/mol. The minimum Gasteiger partial charge on any atom is -0.351 e. The smallest absolute Gasteiger partial charge is 0.276 e. The van der Waals surface area contributed by atoms with Gasteiger partial charge in [0.15, 0.2) is 0 Å². The van der Waals surface area contributed by atoms with Crippen LogP contribution < -0.4 is 15.4 Å². The number of nitrogens with zero attached hydrogens (tertiary/aromatic N) is 4. The van der Waals surface area contributed by atoms with Crippen LogP contribution in [-0.4, -0.2) is 47.9 Å². The highest BCUT2D eigenvalue weighted by atomic mass is 32.2. The summed E-state index contributed by atoms with van der Waals surface area (Å²) < 4.78 is 24.3. The van der Waals surface area contributed by atoms with E-state index in [1.807, 2.05) is 12.3 Å².